The summed E-state index contributed by atoms with van der Waals surface area (Å²) in [6, 6.07) is 8.40. The van der Waals surface area contributed by atoms with Crippen LogP contribution in [0, 0.1) is 13.8 Å². The molecule has 0 heterocycles. The lowest BCUT2D eigenvalue weighted by Gasteiger charge is -2.11. The number of hydrogen-bond donors (Lipinski definition) is 2. The second-order valence-electron chi connectivity index (χ2n) is 4.53. The minimum atomic E-state index is -0.257. The summed E-state index contributed by atoms with van der Waals surface area (Å²) in [5, 5.41) is 12.9. The summed E-state index contributed by atoms with van der Waals surface area (Å²) < 4.78 is 0.674. The Bertz CT molecular complexity index is 686. The Morgan fingerprint density at radius 3 is 2.60 bits per heavy atom. The van der Waals surface area contributed by atoms with Crippen LogP contribution in [0.2, 0.25) is 5.02 Å². The topological polar surface area (TPSA) is 49.3 Å². The lowest BCUT2D eigenvalue weighted by atomic mass is 10.1. The van der Waals surface area contributed by atoms with E-state index in [0.29, 0.717) is 26.3 Å². The zero-order chi connectivity index (χ0) is 14.9. The molecule has 0 aromatic heterocycles. The average Bonchev–Trinajstić information content (AvgIpc) is 2.38. The smallest absolute Gasteiger partial charge is 0.256 e. The van der Waals surface area contributed by atoms with Crippen molar-refractivity contribution in [1.29, 1.82) is 0 Å². The summed E-state index contributed by atoms with van der Waals surface area (Å²) in [7, 11) is 0. The second-order valence-corrected chi connectivity index (χ2v) is 5.82. The van der Waals surface area contributed by atoms with E-state index in [1.807, 2.05) is 6.92 Å². The molecule has 20 heavy (non-hydrogen) atoms. The van der Waals surface area contributed by atoms with Gasteiger partial charge in [-0.3, -0.25) is 4.79 Å². The molecule has 2 rings (SSSR count). The largest absolute Gasteiger partial charge is 0.508 e. The predicted molar refractivity (Wildman–Crippen MR) is 84.7 cm³/mol. The van der Waals surface area contributed by atoms with Crippen LogP contribution < -0.4 is 5.32 Å². The van der Waals surface area contributed by atoms with Gasteiger partial charge in [-0.05, 0) is 71.2 Å². The van der Waals surface area contributed by atoms with Gasteiger partial charge in [0.2, 0.25) is 0 Å². The molecule has 1 amide bonds. The van der Waals surface area contributed by atoms with E-state index in [1.54, 1.807) is 37.3 Å². The van der Waals surface area contributed by atoms with E-state index in [0.717, 1.165) is 5.56 Å². The Morgan fingerprint density at radius 1 is 1.20 bits per heavy atom. The van der Waals surface area contributed by atoms with Crippen LogP contribution in [0.15, 0.2) is 34.8 Å². The Balaban J connectivity index is 2.32. The number of halogens is 2. The Hall–Kier alpha value is -1.52. The number of rotatable bonds is 2. The van der Waals surface area contributed by atoms with E-state index in [9.17, 15) is 9.90 Å². The highest BCUT2D eigenvalue weighted by atomic mass is 79.9. The maximum Gasteiger partial charge on any atom is 0.256 e. The summed E-state index contributed by atoms with van der Waals surface area (Å²) in [6.07, 6.45) is 0. The van der Waals surface area contributed by atoms with Crippen molar-refractivity contribution in [2.75, 3.05) is 5.32 Å². The number of carbonyl (C=O) groups excluding carboxylic acids is 1. The highest BCUT2D eigenvalue weighted by molar-refractivity contribution is 9.10. The van der Waals surface area contributed by atoms with Crippen LogP contribution in [0.4, 0.5) is 5.69 Å². The van der Waals surface area contributed by atoms with Gasteiger partial charge in [0.1, 0.15) is 5.75 Å². The SMILES string of the molecule is Cc1cc(NC(=O)c2cc(Cl)ccc2Br)c(C)cc1O. The Labute approximate surface area is 130 Å². The Morgan fingerprint density at radius 2 is 1.90 bits per heavy atom. The van der Waals surface area contributed by atoms with Crippen molar-refractivity contribution in [3.63, 3.8) is 0 Å². The standard InChI is InChI=1S/C15H13BrClNO2/c1-8-6-14(19)9(2)5-13(8)18-15(20)11-7-10(17)3-4-12(11)16/h3-7,19H,1-2H3,(H,18,20). The molecule has 0 aliphatic heterocycles. The molecule has 0 aliphatic carbocycles. The number of carbonyl (C=O) groups is 1. The number of phenolic OH excluding ortho intramolecular Hbond substituents is 1. The van der Waals surface area contributed by atoms with Crippen molar-refractivity contribution in [1.82, 2.24) is 0 Å². The van der Waals surface area contributed by atoms with E-state index in [2.05, 4.69) is 21.2 Å². The first kappa shape index (κ1) is 14.9. The average molecular weight is 355 g/mol. The van der Waals surface area contributed by atoms with E-state index in [1.165, 1.54) is 0 Å². The molecular formula is C15H13BrClNO2. The van der Waals surface area contributed by atoms with Gasteiger partial charge in [0.15, 0.2) is 0 Å². The molecule has 0 radical (unpaired) electrons. The fourth-order valence-electron chi connectivity index (χ4n) is 1.80. The molecule has 0 atom stereocenters. The number of amides is 1. The van der Waals surface area contributed by atoms with Crippen molar-refractivity contribution in [2.45, 2.75) is 13.8 Å². The molecule has 0 unspecified atom stereocenters. The van der Waals surface area contributed by atoms with Gasteiger partial charge in [-0.2, -0.15) is 0 Å². The number of aryl methyl sites for hydroxylation is 2. The molecular weight excluding hydrogens is 342 g/mol. The van der Waals surface area contributed by atoms with Crippen molar-refractivity contribution in [3.05, 3.63) is 56.5 Å². The second kappa shape index (κ2) is 5.85. The van der Waals surface area contributed by atoms with Crippen LogP contribution in [-0.2, 0) is 0 Å². The first-order chi connectivity index (χ1) is 9.38. The third kappa shape index (κ3) is 3.14. The molecule has 0 bridgehead atoms. The number of nitrogens with one attached hydrogen (secondary N) is 1. The number of phenols is 1. The summed E-state index contributed by atoms with van der Waals surface area (Å²) in [4.78, 5) is 12.3. The number of aromatic hydroxyl groups is 1. The van der Waals surface area contributed by atoms with Crippen molar-refractivity contribution in [3.8, 4) is 5.75 Å². The van der Waals surface area contributed by atoms with Crippen LogP contribution in [0.25, 0.3) is 0 Å². The third-order valence-electron chi connectivity index (χ3n) is 2.96. The monoisotopic (exact) mass is 353 g/mol. The van der Waals surface area contributed by atoms with Gasteiger partial charge in [-0.1, -0.05) is 11.6 Å². The van der Waals surface area contributed by atoms with Crippen LogP contribution in [0.5, 0.6) is 5.75 Å². The number of benzene rings is 2. The normalized spacial score (nSPS) is 10.4. The molecule has 0 saturated carbocycles. The third-order valence-corrected chi connectivity index (χ3v) is 3.89. The molecule has 0 saturated heterocycles. The minimum Gasteiger partial charge on any atom is -0.508 e. The first-order valence-corrected chi connectivity index (χ1v) is 7.12. The molecule has 2 N–H and O–H groups in total. The molecule has 5 heteroatoms. The fourth-order valence-corrected chi connectivity index (χ4v) is 2.40. The molecule has 0 aliphatic rings. The Kier molecular flexibility index (Phi) is 4.35. The molecule has 104 valence electrons. The van der Waals surface area contributed by atoms with E-state index in [4.69, 9.17) is 11.6 Å². The first-order valence-electron chi connectivity index (χ1n) is 5.95. The zero-order valence-electron chi connectivity index (χ0n) is 11.0. The summed E-state index contributed by atoms with van der Waals surface area (Å²) in [6.45, 7) is 3.60. The molecule has 0 spiro atoms. The summed E-state index contributed by atoms with van der Waals surface area (Å²) in [5.74, 6) is -0.0444. The molecule has 2 aromatic rings. The van der Waals surface area contributed by atoms with Crippen LogP contribution in [0.1, 0.15) is 21.5 Å². The van der Waals surface area contributed by atoms with Gasteiger partial charge in [-0.25, -0.2) is 0 Å². The predicted octanol–water partition coefficient (Wildman–Crippen LogP) is 4.68. The van der Waals surface area contributed by atoms with Gasteiger partial charge < -0.3 is 10.4 Å². The lowest BCUT2D eigenvalue weighted by molar-refractivity contribution is 0.102. The van der Waals surface area contributed by atoms with Gasteiger partial charge in [0.25, 0.3) is 5.91 Å². The summed E-state index contributed by atoms with van der Waals surface area (Å²) >= 11 is 9.24. The van der Waals surface area contributed by atoms with Gasteiger partial charge >= 0.3 is 0 Å². The minimum absolute atomic E-state index is 0.212. The number of anilines is 1. The molecule has 3 nitrogen and oxygen atoms in total. The quantitative estimate of drug-likeness (QED) is 0.770. The van der Waals surface area contributed by atoms with E-state index in [-0.39, 0.29) is 11.7 Å². The van der Waals surface area contributed by atoms with E-state index < -0.39 is 0 Å². The zero-order valence-corrected chi connectivity index (χ0v) is 13.3. The number of hydrogen-bond acceptors (Lipinski definition) is 2. The maximum atomic E-state index is 12.3. The molecule has 0 fully saturated rings. The molecule has 2 aromatic carbocycles. The van der Waals surface area contributed by atoms with Crippen LogP contribution in [-0.4, -0.2) is 11.0 Å². The van der Waals surface area contributed by atoms with Crippen molar-refractivity contribution >= 4 is 39.1 Å². The highest BCUT2D eigenvalue weighted by Crippen LogP contribution is 2.27. The lowest BCUT2D eigenvalue weighted by Crippen LogP contribution is -2.13. The summed E-state index contributed by atoms with van der Waals surface area (Å²) in [5.41, 5.74) is 2.62. The van der Waals surface area contributed by atoms with Crippen LogP contribution in [0.3, 0.4) is 0 Å². The van der Waals surface area contributed by atoms with Crippen molar-refractivity contribution in [2.24, 2.45) is 0 Å². The van der Waals surface area contributed by atoms with Gasteiger partial charge in [0.05, 0.1) is 5.56 Å². The highest BCUT2D eigenvalue weighted by Gasteiger charge is 2.13. The van der Waals surface area contributed by atoms with Gasteiger partial charge in [-0.15, -0.1) is 0 Å². The van der Waals surface area contributed by atoms with Gasteiger partial charge in [0, 0.05) is 15.2 Å². The fraction of sp³-hybridized carbons (Fsp3) is 0.133. The van der Waals surface area contributed by atoms with Crippen LogP contribution >= 0.6 is 27.5 Å². The van der Waals surface area contributed by atoms with Crippen molar-refractivity contribution < 1.29 is 9.90 Å². The maximum absolute atomic E-state index is 12.3. The van der Waals surface area contributed by atoms with E-state index >= 15 is 0 Å².